The second kappa shape index (κ2) is 14.0. The van der Waals surface area contributed by atoms with Gasteiger partial charge < -0.3 is 14.5 Å². The molecule has 0 saturated heterocycles. The largest absolute Gasteiger partial charge is 0.354 e. The number of carbonyl (C=O) groups is 2. The van der Waals surface area contributed by atoms with Crippen LogP contribution in [0.1, 0.15) is 43.5 Å². The SMILES string of the molecule is Cn1cc2c(c1-c1cc3[nH]c1c(-c1ccccc1)c1nc(c(-c4ccccc4)c4nc(c(-c5ccccc5)c5ccc([nH]5)c3-c3ccccc3)C=C4)C=C1)C(=O)C=CC2=O. The Kier molecular flexibility index (Phi) is 8.20. The number of H-pyrrole nitrogens is 2. The number of nitrogens with zero attached hydrogens (tertiary/aromatic N) is 3. The first kappa shape index (κ1) is 35.0. The van der Waals surface area contributed by atoms with E-state index in [1.54, 1.807) is 6.20 Å². The highest BCUT2D eigenvalue weighted by molar-refractivity contribution is 6.25. The average Bonchev–Trinajstić information content (AvgIpc) is 4.15. The van der Waals surface area contributed by atoms with Gasteiger partial charge in [-0.15, -0.1) is 0 Å². The number of nitrogens with one attached hydrogen (secondary N) is 2. The van der Waals surface area contributed by atoms with Crippen molar-refractivity contribution in [2.75, 3.05) is 0 Å². The summed E-state index contributed by atoms with van der Waals surface area (Å²) in [5.41, 5.74) is 16.3. The molecule has 3 aliphatic rings. The molecule has 7 heteroatoms. The van der Waals surface area contributed by atoms with E-state index in [0.29, 0.717) is 16.8 Å². The molecule has 0 saturated carbocycles. The van der Waals surface area contributed by atoms with Gasteiger partial charge in [-0.25, -0.2) is 9.97 Å². The van der Waals surface area contributed by atoms with Gasteiger partial charge in [0.15, 0.2) is 11.6 Å². The van der Waals surface area contributed by atoms with Crippen LogP contribution in [0.4, 0.5) is 0 Å². The third kappa shape index (κ3) is 5.75. The molecule has 2 aliphatic heterocycles. The fourth-order valence-electron chi connectivity index (χ4n) is 8.82. The summed E-state index contributed by atoms with van der Waals surface area (Å²) in [4.78, 5) is 45.7. The lowest BCUT2D eigenvalue weighted by Crippen LogP contribution is -2.09. The number of aromatic amines is 2. The van der Waals surface area contributed by atoms with Gasteiger partial charge in [0, 0.05) is 57.6 Å². The monoisotopic (exact) mass is 773 g/mol. The van der Waals surface area contributed by atoms with Crippen LogP contribution in [0.15, 0.2) is 158 Å². The third-order valence-corrected chi connectivity index (χ3v) is 11.5. The predicted molar refractivity (Wildman–Crippen MR) is 243 cm³/mol. The van der Waals surface area contributed by atoms with Gasteiger partial charge in [-0.3, -0.25) is 9.59 Å². The normalized spacial score (nSPS) is 12.9. The molecule has 0 unspecified atom stereocenters. The zero-order valence-corrected chi connectivity index (χ0v) is 32.5. The van der Waals surface area contributed by atoms with Crippen LogP contribution in [-0.2, 0) is 7.05 Å². The Morgan fingerprint density at radius 3 is 1.43 bits per heavy atom. The number of allylic oxidation sites excluding steroid dienone is 2. The lowest BCUT2D eigenvalue weighted by atomic mass is 9.93. The van der Waals surface area contributed by atoms with E-state index in [0.717, 1.165) is 94.9 Å². The molecule has 11 rings (SSSR count). The topological polar surface area (TPSA) is 96.4 Å². The fraction of sp³-hybridized carbons (Fsp3) is 0.0189. The van der Waals surface area contributed by atoms with Gasteiger partial charge in [0.25, 0.3) is 0 Å². The van der Waals surface area contributed by atoms with E-state index in [-0.39, 0.29) is 11.6 Å². The van der Waals surface area contributed by atoms with Gasteiger partial charge in [-0.05, 0) is 76.9 Å². The minimum absolute atomic E-state index is 0.196. The van der Waals surface area contributed by atoms with Crippen molar-refractivity contribution in [2.45, 2.75) is 0 Å². The Labute approximate surface area is 345 Å². The molecule has 0 amide bonds. The first-order valence-corrected chi connectivity index (χ1v) is 19.9. The summed E-state index contributed by atoms with van der Waals surface area (Å²) < 4.78 is 1.90. The maximum Gasteiger partial charge on any atom is 0.188 e. The number of benzene rings is 4. The maximum absolute atomic E-state index is 13.8. The number of fused-ring (bicyclic) bond motifs is 9. The zero-order chi connectivity index (χ0) is 40.3. The van der Waals surface area contributed by atoms with Gasteiger partial charge >= 0.3 is 0 Å². The number of ketones is 2. The van der Waals surface area contributed by atoms with E-state index in [9.17, 15) is 9.59 Å². The summed E-state index contributed by atoms with van der Waals surface area (Å²) in [6, 6.07) is 47.5. The van der Waals surface area contributed by atoms with E-state index < -0.39 is 0 Å². The van der Waals surface area contributed by atoms with E-state index in [1.165, 1.54) is 12.2 Å². The Morgan fingerprint density at radius 1 is 0.417 bits per heavy atom. The van der Waals surface area contributed by atoms with E-state index in [4.69, 9.17) is 9.97 Å². The first-order valence-electron chi connectivity index (χ1n) is 19.9. The van der Waals surface area contributed by atoms with Crippen molar-refractivity contribution in [3.63, 3.8) is 0 Å². The van der Waals surface area contributed by atoms with Gasteiger partial charge in [-0.1, -0.05) is 121 Å². The number of aromatic nitrogens is 5. The summed E-state index contributed by atoms with van der Waals surface area (Å²) in [5, 5.41) is 0. The second-order valence-corrected chi connectivity index (χ2v) is 15.1. The minimum atomic E-state index is -0.212. The molecule has 0 radical (unpaired) electrons. The van der Waals surface area contributed by atoms with Crippen molar-refractivity contribution in [1.82, 2.24) is 24.5 Å². The van der Waals surface area contributed by atoms with Crippen molar-refractivity contribution in [2.24, 2.45) is 7.05 Å². The number of carbonyl (C=O) groups excluding carboxylic acids is 2. The molecule has 0 spiro atoms. The number of hydrogen-bond acceptors (Lipinski definition) is 4. The Hall–Kier alpha value is -8.16. The van der Waals surface area contributed by atoms with Crippen LogP contribution in [0, 0.1) is 0 Å². The molecule has 8 bridgehead atoms. The van der Waals surface area contributed by atoms with Gasteiger partial charge in [-0.2, -0.15) is 0 Å². The van der Waals surface area contributed by atoms with E-state index in [1.807, 2.05) is 84.4 Å². The molecule has 4 aromatic heterocycles. The highest BCUT2D eigenvalue weighted by Gasteiger charge is 2.29. The summed E-state index contributed by atoms with van der Waals surface area (Å²) in [6.45, 7) is 0. The zero-order valence-electron chi connectivity index (χ0n) is 32.5. The summed E-state index contributed by atoms with van der Waals surface area (Å²) in [7, 11) is 1.89. The van der Waals surface area contributed by atoms with Crippen LogP contribution in [0.2, 0.25) is 0 Å². The molecular formula is C53H35N5O2. The molecule has 7 nitrogen and oxygen atoms in total. The molecular weight excluding hydrogens is 739 g/mol. The van der Waals surface area contributed by atoms with Gasteiger partial charge in [0.1, 0.15) is 0 Å². The van der Waals surface area contributed by atoms with Gasteiger partial charge in [0.2, 0.25) is 0 Å². The number of rotatable bonds is 5. The molecule has 0 fully saturated rings. The Bertz CT molecular complexity index is 3330. The third-order valence-electron chi connectivity index (χ3n) is 11.5. The predicted octanol–water partition coefficient (Wildman–Crippen LogP) is 12.3. The quantitative estimate of drug-likeness (QED) is 0.182. The maximum atomic E-state index is 13.8. The van der Waals surface area contributed by atoms with Crippen LogP contribution in [0.5, 0.6) is 0 Å². The van der Waals surface area contributed by atoms with E-state index in [2.05, 4.69) is 101 Å². The van der Waals surface area contributed by atoms with Crippen molar-refractivity contribution in [3.8, 4) is 55.8 Å². The van der Waals surface area contributed by atoms with Crippen molar-refractivity contribution < 1.29 is 9.59 Å². The van der Waals surface area contributed by atoms with Crippen LogP contribution in [0.25, 0.3) is 102 Å². The standard InChI is InChI=1S/C53H35N5O2/c1-58-31-37-45(59)28-29-46(60)51(37)53(58)36-30-44-49(34-18-10-4-11-19-34)42-25-24-40(55-42)47(32-14-6-2-7-15-32)38-22-23-39(54-38)48(33-16-8-3-9-17-33)41-26-27-43(56-41)50(52(36)57-44)35-20-12-5-13-21-35/h2-31,55,57H,1H3. The van der Waals surface area contributed by atoms with Crippen LogP contribution < -0.4 is 0 Å². The highest BCUT2D eigenvalue weighted by Crippen LogP contribution is 2.43. The number of hydrogen-bond donors (Lipinski definition) is 2. The van der Waals surface area contributed by atoms with Crippen molar-refractivity contribution >= 4 is 57.9 Å². The summed E-state index contributed by atoms with van der Waals surface area (Å²) in [5.74, 6) is -0.408. The van der Waals surface area contributed by atoms with Crippen molar-refractivity contribution in [3.05, 3.63) is 192 Å². The molecule has 4 aromatic carbocycles. The Morgan fingerprint density at radius 2 is 0.867 bits per heavy atom. The molecule has 6 heterocycles. The van der Waals surface area contributed by atoms with Gasteiger partial charge in [0.05, 0.1) is 45.1 Å². The average molecular weight is 774 g/mol. The summed E-state index contributed by atoms with van der Waals surface area (Å²) >= 11 is 0. The molecule has 2 N–H and O–H groups in total. The van der Waals surface area contributed by atoms with E-state index >= 15 is 0 Å². The first-order chi connectivity index (χ1) is 29.5. The van der Waals surface area contributed by atoms with Crippen LogP contribution >= 0.6 is 0 Å². The molecule has 0 atom stereocenters. The molecule has 1 aliphatic carbocycles. The molecule has 284 valence electrons. The van der Waals surface area contributed by atoms with Crippen molar-refractivity contribution in [1.29, 1.82) is 0 Å². The molecule has 8 aromatic rings. The number of aryl methyl sites for hydroxylation is 1. The lowest BCUT2D eigenvalue weighted by Gasteiger charge is -2.10. The molecule has 60 heavy (non-hydrogen) atoms. The Balaban J connectivity index is 1.39. The second-order valence-electron chi connectivity index (χ2n) is 15.1. The minimum Gasteiger partial charge on any atom is -0.354 e. The summed E-state index contributed by atoms with van der Waals surface area (Å²) in [6.07, 6.45) is 12.8. The highest BCUT2D eigenvalue weighted by atomic mass is 16.1. The fourth-order valence-corrected chi connectivity index (χ4v) is 8.82. The van der Waals surface area contributed by atoms with Crippen LogP contribution in [0.3, 0.4) is 0 Å². The lowest BCUT2D eigenvalue weighted by molar-refractivity contribution is 0.0995. The smallest absolute Gasteiger partial charge is 0.188 e. The van der Waals surface area contributed by atoms with Crippen LogP contribution in [-0.4, -0.2) is 36.1 Å².